The normalized spacial score (nSPS) is 12.6. The molecule has 0 amide bonds. The maximum absolute atomic E-state index is 2.31. The predicted octanol–water partition coefficient (Wildman–Crippen LogP) is 5.63. The van der Waals surface area contributed by atoms with Crippen molar-refractivity contribution in [1.82, 2.24) is 0 Å². The van der Waals surface area contributed by atoms with Crippen molar-refractivity contribution in [2.24, 2.45) is 0 Å². The quantitative estimate of drug-likeness (QED) is 0.654. The summed E-state index contributed by atoms with van der Waals surface area (Å²) < 4.78 is 0. The van der Waals surface area contributed by atoms with Crippen LogP contribution in [-0.4, -0.2) is 0 Å². The number of benzene rings is 1. The molecule has 1 aromatic carbocycles. The summed E-state index contributed by atoms with van der Waals surface area (Å²) in [5, 5.41) is 2.16. The minimum Gasteiger partial charge on any atom is -0.144 e. The highest BCUT2D eigenvalue weighted by molar-refractivity contribution is 7.13. The van der Waals surface area contributed by atoms with Gasteiger partial charge in [-0.2, -0.15) is 0 Å². The summed E-state index contributed by atoms with van der Waals surface area (Å²) in [6.07, 6.45) is 2.53. The molecule has 17 heavy (non-hydrogen) atoms. The fourth-order valence-corrected chi connectivity index (χ4v) is 3.17. The maximum atomic E-state index is 2.31. The Kier molecular flexibility index (Phi) is 4.01. The Morgan fingerprint density at radius 3 is 2.35 bits per heavy atom. The van der Waals surface area contributed by atoms with E-state index in [1.165, 1.54) is 34.4 Å². The summed E-state index contributed by atoms with van der Waals surface area (Å²) in [4.78, 5) is 1.40. The van der Waals surface area contributed by atoms with E-state index in [1.54, 1.807) is 0 Å². The summed E-state index contributed by atoms with van der Waals surface area (Å²) in [5.41, 5.74) is 4.19. The van der Waals surface area contributed by atoms with Crippen molar-refractivity contribution < 1.29 is 0 Å². The molecule has 0 aliphatic rings. The molecule has 1 heteroatoms. The van der Waals surface area contributed by atoms with Crippen LogP contribution in [0.3, 0.4) is 0 Å². The molecule has 0 fully saturated rings. The first-order valence-electron chi connectivity index (χ1n) is 6.36. The lowest BCUT2D eigenvalue weighted by Crippen LogP contribution is -1.92. The topological polar surface area (TPSA) is 0 Å². The second kappa shape index (κ2) is 5.50. The van der Waals surface area contributed by atoms with Gasteiger partial charge in [0.15, 0.2) is 0 Å². The number of hydrogen-bond donors (Lipinski definition) is 0. The van der Waals surface area contributed by atoms with Gasteiger partial charge in [0.2, 0.25) is 0 Å². The van der Waals surface area contributed by atoms with E-state index in [9.17, 15) is 0 Å². The zero-order valence-electron chi connectivity index (χ0n) is 10.9. The molecule has 0 saturated heterocycles. The molecule has 0 nitrogen and oxygen atoms in total. The van der Waals surface area contributed by atoms with Crippen molar-refractivity contribution >= 4 is 11.3 Å². The van der Waals surface area contributed by atoms with Crippen molar-refractivity contribution in [3.8, 4) is 10.4 Å². The van der Waals surface area contributed by atoms with Crippen molar-refractivity contribution in [1.29, 1.82) is 0 Å². The lowest BCUT2D eigenvalue weighted by Gasteiger charge is -2.11. The van der Waals surface area contributed by atoms with Crippen LogP contribution in [0.5, 0.6) is 0 Å². The second-order valence-electron chi connectivity index (χ2n) is 4.74. The van der Waals surface area contributed by atoms with Crippen molar-refractivity contribution in [3.63, 3.8) is 0 Å². The predicted molar refractivity (Wildman–Crippen MR) is 77.8 cm³/mol. The minimum atomic E-state index is 0.679. The van der Waals surface area contributed by atoms with Gasteiger partial charge in [-0.3, -0.25) is 0 Å². The van der Waals surface area contributed by atoms with Gasteiger partial charge in [0.05, 0.1) is 0 Å². The monoisotopic (exact) mass is 244 g/mol. The third kappa shape index (κ3) is 2.78. The molecule has 1 unspecified atom stereocenters. The van der Waals surface area contributed by atoms with Gasteiger partial charge in [0, 0.05) is 4.88 Å². The highest BCUT2D eigenvalue weighted by atomic mass is 32.1. The molecule has 1 aromatic heterocycles. The van der Waals surface area contributed by atoms with Gasteiger partial charge >= 0.3 is 0 Å². The third-order valence-corrected chi connectivity index (χ3v) is 4.39. The van der Waals surface area contributed by atoms with Crippen molar-refractivity contribution in [2.75, 3.05) is 0 Å². The molecule has 0 spiro atoms. The van der Waals surface area contributed by atoms with E-state index < -0.39 is 0 Å². The summed E-state index contributed by atoms with van der Waals surface area (Å²) in [5.74, 6) is 0.679. The average molecular weight is 244 g/mol. The van der Waals surface area contributed by atoms with E-state index >= 15 is 0 Å². The Balaban J connectivity index is 2.21. The van der Waals surface area contributed by atoms with E-state index in [2.05, 4.69) is 56.5 Å². The summed E-state index contributed by atoms with van der Waals surface area (Å²) in [6, 6.07) is 11.3. The Hall–Kier alpha value is -1.08. The van der Waals surface area contributed by atoms with Crippen LogP contribution < -0.4 is 0 Å². The molecule has 0 aliphatic heterocycles. The largest absolute Gasteiger partial charge is 0.144 e. The molecule has 1 atom stereocenters. The molecular formula is C16H20S. The fourth-order valence-electron chi connectivity index (χ4n) is 2.23. The fraction of sp³-hybridized carbons (Fsp3) is 0.375. The summed E-state index contributed by atoms with van der Waals surface area (Å²) in [6.45, 7) is 6.74. The van der Waals surface area contributed by atoms with Crippen LogP contribution in [0, 0.1) is 6.92 Å². The van der Waals surface area contributed by atoms with Crippen molar-refractivity contribution in [3.05, 3.63) is 46.8 Å². The summed E-state index contributed by atoms with van der Waals surface area (Å²) >= 11 is 1.83. The van der Waals surface area contributed by atoms with Crippen LogP contribution in [0.4, 0.5) is 0 Å². The molecule has 0 radical (unpaired) electrons. The van der Waals surface area contributed by atoms with Gasteiger partial charge in [-0.05, 0) is 47.4 Å². The number of aryl methyl sites for hydroxylation is 1. The van der Waals surface area contributed by atoms with E-state index in [0.29, 0.717) is 5.92 Å². The number of thiophene rings is 1. The van der Waals surface area contributed by atoms with Gasteiger partial charge in [-0.1, -0.05) is 44.5 Å². The highest BCUT2D eigenvalue weighted by Crippen LogP contribution is 2.30. The maximum Gasteiger partial charge on any atom is 0.0371 e. The Morgan fingerprint density at radius 2 is 1.82 bits per heavy atom. The summed E-state index contributed by atoms with van der Waals surface area (Å²) in [7, 11) is 0. The third-order valence-electron chi connectivity index (χ3n) is 3.33. The first kappa shape index (κ1) is 12.4. The average Bonchev–Trinajstić information content (AvgIpc) is 2.76. The number of rotatable bonds is 4. The van der Waals surface area contributed by atoms with Gasteiger partial charge < -0.3 is 0 Å². The van der Waals surface area contributed by atoms with Gasteiger partial charge in [0.25, 0.3) is 0 Å². The Labute approximate surface area is 108 Å². The standard InChI is InChI=1S/C16H20S/c1-4-5-12(2)14-6-8-15(9-7-14)16-13(3)10-11-17-16/h6-12H,4-5H2,1-3H3. The molecule has 2 rings (SSSR count). The zero-order valence-corrected chi connectivity index (χ0v) is 11.7. The molecule has 2 aromatic rings. The Morgan fingerprint density at radius 1 is 1.12 bits per heavy atom. The van der Waals surface area contributed by atoms with Crippen molar-refractivity contribution in [2.45, 2.75) is 39.5 Å². The molecule has 0 bridgehead atoms. The van der Waals surface area contributed by atoms with Crippen LogP contribution in [0.25, 0.3) is 10.4 Å². The first-order valence-corrected chi connectivity index (χ1v) is 7.24. The molecule has 90 valence electrons. The van der Waals surface area contributed by atoms with Crippen LogP contribution >= 0.6 is 11.3 Å². The lowest BCUT2D eigenvalue weighted by atomic mass is 9.95. The van der Waals surface area contributed by atoms with E-state index in [0.717, 1.165) is 0 Å². The minimum absolute atomic E-state index is 0.679. The first-order chi connectivity index (χ1) is 8.22. The lowest BCUT2D eigenvalue weighted by molar-refractivity contribution is 0.665. The van der Waals surface area contributed by atoms with E-state index in [4.69, 9.17) is 0 Å². The van der Waals surface area contributed by atoms with Crippen LogP contribution in [0.15, 0.2) is 35.7 Å². The van der Waals surface area contributed by atoms with E-state index in [-0.39, 0.29) is 0 Å². The van der Waals surface area contributed by atoms with Crippen LogP contribution in [0.1, 0.15) is 43.7 Å². The molecule has 0 saturated carbocycles. The van der Waals surface area contributed by atoms with Gasteiger partial charge in [-0.15, -0.1) is 11.3 Å². The van der Waals surface area contributed by atoms with Gasteiger partial charge in [-0.25, -0.2) is 0 Å². The highest BCUT2D eigenvalue weighted by Gasteiger charge is 2.06. The van der Waals surface area contributed by atoms with Crippen LogP contribution in [0.2, 0.25) is 0 Å². The zero-order chi connectivity index (χ0) is 12.3. The smallest absolute Gasteiger partial charge is 0.0371 e. The Bertz CT molecular complexity index is 465. The molecular weight excluding hydrogens is 224 g/mol. The second-order valence-corrected chi connectivity index (χ2v) is 5.66. The van der Waals surface area contributed by atoms with Gasteiger partial charge in [0.1, 0.15) is 0 Å². The molecule has 1 heterocycles. The molecule has 0 N–H and O–H groups in total. The number of hydrogen-bond acceptors (Lipinski definition) is 1. The molecule has 0 aliphatic carbocycles. The van der Waals surface area contributed by atoms with E-state index in [1.807, 2.05) is 11.3 Å². The SMILES string of the molecule is CCCC(C)c1ccc(-c2sccc2C)cc1. The van der Waals surface area contributed by atoms with Crippen LogP contribution in [-0.2, 0) is 0 Å².